The van der Waals surface area contributed by atoms with Crippen LogP contribution in [-0.4, -0.2) is 5.78 Å². The molecule has 0 saturated heterocycles. The fourth-order valence-electron chi connectivity index (χ4n) is 1.47. The van der Waals surface area contributed by atoms with Crippen LogP contribution in [0.2, 0.25) is 0 Å². The Hall–Kier alpha value is -0.840. The minimum atomic E-state index is -4.50. The molecule has 0 aromatic heterocycles. The number of unbranched alkanes of at least 4 members (excludes halogenated alkanes) is 1. The van der Waals surface area contributed by atoms with E-state index in [1.54, 1.807) is 0 Å². The minimum Gasteiger partial charge on any atom is -0.294 e. The summed E-state index contributed by atoms with van der Waals surface area (Å²) in [5.41, 5.74) is -1.11. The van der Waals surface area contributed by atoms with Crippen molar-refractivity contribution in [3.05, 3.63) is 33.8 Å². The summed E-state index contributed by atoms with van der Waals surface area (Å²) in [5.74, 6) is -0.452. The number of Topliss-reactive ketones (excluding diaryl/α,β-unsaturated/α-hetero) is 1. The van der Waals surface area contributed by atoms with Gasteiger partial charge in [0.2, 0.25) is 0 Å². The molecule has 17 heavy (non-hydrogen) atoms. The normalized spacial score (nSPS) is 11.6. The Morgan fingerprint density at radius 2 is 2.00 bits per heavy atom. The third-order valence-corrected chi connectivity index (χ3v) is 2.84. The molecule has 0 saturated carbocycles. The van der Waals surface area contributed by atoms with Gasteiger partial charge in [-0.2, -0.15) is 13.2 Å². The summed E-state index contributed by atoms with van der Waals surface area (Å²) in [4.78, 5) is 11.7. The topological polar surface area (TPSA) is 17.1 Å². The van der Waals surface area contributed by atoms with Gasteiger partial charge in [0, 0.05) is 16.5 Å². The third kappa shape index (κ3) is 3.84. The number of ketones is 1. The van der Waals surface area contributed by atoms with Crippen molar-refractivity contribution in [3.8, 4) is 0 Å². The zero-order chi connectivity index (χ0) is 13.1. The van der Waals surface area contributed by atoms with Crippen LogP contribution in [0.4, 0.5) is 13.2 Å². The van der Waals surface area contributed by atoms with E-state index in [1.807, 2.05) is 6.92 Å². The Balaban J connectivity index is 3.11. The lowest BCUT2D eigenvalue weighted by atomic mass is 10.00. The molecule has 0 aliphatic heterocycles. The maximum Gasteiger partial charge on any atom is 0.417 e. The van der Waals surface area contributed by atoms with Crippen molar-refractivity contribution in [2.45, 2.75) is 32.4 Å². The van der Waals surface area contributed by atoms with Crippen molar-refractivity contribution in [2.75, 3.05) is 0 Å². The second-order valence-electron chi connectivity index (χ2n) is 3.71. The standard InChI is InChI=1S/C12H12BrF3O/c1-2-3-4-11(17)9-6-5-8(13)7-10(9)12(14,15)16/h5-7H,2-4H2,1H3. The summed E-state index contributed by atoms with van der Waals surface area (Å²) in [7, 11) is 0. The number of rotatable bonds is 4. The SMILES string of the molecule is CCCCC(=O)c1ccc(Br)cc1C(F)(F)F. The maximum atomic E-state index is 12.7. The van der Waals surface area contributed by atoms with Crippen LogP contribution < -0.4 is 0 Å². The molecule has 0 heterocycles. The Labute approximate surface area is 106 Å². The number of halogens is 4. The van der Waals surface area contributed by atoms with Crippen LogP contribution in [0.3, 0.4) is 0 Å². The number of hydrogen-bond donors (Lipinski definition) is 0. The van der Waals surface area contributed by atoms with Gasteiger partial charge in [0.05, 0.1) is 5.56 Å². The van der Waals surface area contributed by atoms with Gasteiger partial charge in [-0.25, -0.2) is 0 Å². The molecule has 1 aromatic rings. The predicted octanol–water partition coefficient (Wildman–Crippen LogP) is 4.84. The molecule has 0 amide bonds. The van der Waals surface area contributed by atoms with E-state index >= 15 is 0 Å². The number of carbonyl (C=O) groups is 1. The van der Waals surface area contributed by atoms with E-state index in [4.69, 9.17) is 0 Å². The average molecular weight is 309 g/mol. The van der Waals surface area contributed by atoms with E-state index in [-0.39, 0.29) is 12.0 Å². The van der Waals surface area contributed by atoms with E-state index in [2.05, 4.69) is 15.9 Å². The van der Waals surface area contributed by atoms with Gasteiger partial charge < -0.3 is 0 Å². The second-order valence-corrected chi connectivity index (χ2v) is 4.63. The molecule has 0 aliphatic carbocycles. The largest absolute Gasteiger partial charge is 0.417 e. The lowest BCUT2D eigenvalue weighted by Crippen LogP contribution is -2.13. The number of hydrogen-bond acceptors (Lipinski definition) is 1. The highest BCUT2D eigenvalue weighted by atomic mass is 79.9. The Morgan fingerprint density at radius 3 is 2.53 bits per heavy atom. The number of benzene rings is 1. The molecule has 94 valence electrons. The quantitative estimate of drug-likeness (QED) is 0.727. The van der Waals surface area contributed by atoms with Crippen LogP contribution in [0.5, 0.6) is 0 Å². The van der Waals surface area contributed by atoms with Crippen LogP contribution in [0, 0.1) is 0 Å². The zero-order valence-electron chi connectivity index (χ0n) is 9.27. The molecule has 0 radical (unpaired) electrons. The van der Waals surface area contributed by atoms with Gasteiger partial charge in [-0.1, -0.05) is 29.3 Å². The van der Waals surface area contributed by atoms with Gasteiger partial charge in [0.15, 0.2) is 5.78 Å². The second kappa shape index (κ2) is 5.67. The summed E-state index contributed by atoms with van der Waals surface area (Å²) >= 11 is 2.98. The Kier molecular flexibility index (Phi) is 4.74. The van der Waals surface area contributed by atoms with E-state index < -0.39 is 17.5 Å². The fraction of sp³-hybridized carbons (Fsp3) is 0.417. The first kappa shape index (κ1) is 14.2. The van der Waals surface area contributed by atoms with E-state index in [0.29, 0.717) is 10.9 Å². The molecule has 1 rings (SSSR count). The van der Waals surface area contributed by atoms with Crippen molar-refractivity contribution < 1.29 is 18.0 Å². The van der Waals surface area contributed by atoms with E-state index in [9.17, 15) is 18.0 Å². The maximum absolute atomic E-state index is 12.7. The summed E-state index contributed by atoms with van der Waals surface area (Å²) < 4.78 is 38.5. The predicted molar refractivity (Wildman–Crippen MR) is 63.0 cm³/mol. The van der Waals surface area contributed by atoms with Crippen molar-refractivity contribution >= 4 is 21.7 Å². The number of alkyl halides is 3. The van der Waals surface area contributed by atoms with Crippen LogP contribution in [0.15, 0.2) is 22.7 Å². The minimum absolute atomic E-state index is 0.154. The number of carbonyl (C=O) groups excluding carboxylic acids is 1. The first-order valence-corrected chi connectivity index (χ1v) is 6.05. The van der Waals surface area contributed by atoms with Crippen LogP contribution in [0.25, 0.3) is 0 Å². The summed E-state index contributed by atoms with van der Waals surface area (Å²) in [6, 6.07) is 3.62. The van der Waals surface area contributed by atoms with E-state index in [0.717, 1.165) is 12.5 Å². The Morgan fingerprint density at radius 1 is 1.35 bits per heavy atom. The van der Waals surface area contributed by atoms with Crippen molar-refractivity contribution in [1.29, 1.82) is 0 Å². The van der Waals surface area contributed by atoms with Gasteiger partial charge in [-0.3, -0.25) is 4.79 Å². The summed E-state index contributed by atoms with van der Waals surface area (Å²) in [6.07, 6.45) is -2.96. The highest BCUT2D eigenvalue weighted by Crippen LogP contribution is 2.34. The van der Waals surface area contributed by atoms with Gasteiger partial charge >= 0.3 is 6.18 Å². The molecule has 0 fully saturated rings. The molecular weight excluding hydrogens is 297 g/mol. The third-order valence-electron chi connectivity index (χ3n) is 2.34. The molecule has 0 spiro atoms. The molecular formula is C12H12BrF3O. The molecule has 0 bridgehead atoms. The van der Waals surface area contributed by atoms with Crippen LogP contribution >= 0.6 is 15.9 Å². The Bertz CT molecular complexity index is 413. The lowest BCUT2D eigenvalue weighted by molar-refractivity contribution is -0.138. The average Bonchev–Trinajstić information content (AvgIpc) is 2.24. The van der Waals surface area contributed by atoms with Gasteiger partial charge in [0.25, 0.3) is 0 Å². The first-order chi connectivity index (χ1) is 7.86. The summed E-state index contributed by atoms with van der Waals surface area (Å²) in [6.45, 7) is 1.89. The van der Waals surface area contributed by atoms with Crippen LogP contribution in [-0.2, 0) is 6.18 Å². The molecule has 1 nitrogen and oxygen atoms in total. The highest BCUT2D eigenvalue weighted by molar-refractivity contribution is 9.10. The fourth-order valence-corrected chi connectivity index (χ4v) is 1.83. The molecule has 0 N–H and O–H groups in total. The summed E-state index contributed by atoms with van der Waals surface area (Å²) in [5, 5.41) is 0. The molecule has 1 aromatic carbocycles. The van der Waals surface area contributed by atoms with E-state index in [1.165, 1.54) is 12.1 Å². The molecule has 5 heteroatoms. The van der Waals surface area contributed by atoms with Crippen molar-refractivity contribution in [3.63, 3.8) is 0 Å². The van der Waals surface area contributed by atoms with Gasteiger partial charge in [-0.05, 0) is 24.6 Å². The van der Waals surface area contributed by atoms with Crippen molar-refractivity contribution in [2.24, 2.45) is 0 Å². The lowest BCUT2D eigenvalue weighted by Gasteiger charge is -2.12. The first-order valence-electron chi connectivity index (χ1n) is 5.26. The van der Waals surface area contributed by atoms with Gasteiger partial charge in [-0.15, -0.1) is 0 Å². The molecule has 0 aliphatic rings. The van der Waals surface area contributed by atoms with Gasteiger partial charge in [0.1, 0.15) is 0 Å². The van der Waals surface area contributed by atoms with Crippen LogP contribution in [0.1, 0.15) is 42.1 Å². The monoisotopic (exact) mass is 308 g/mol. The van der Waals surface area contributed by atoms with Crippen molar-refractivity contribution in [1.82, 2.24) is 0 Å². The smallest absolute Gasteiger partial charge is 0.294 e. The molecule has 0 unspecified atom stereocenters. The zero-order valence-corrected chi connectivity index (χ0v) is 10.9. The highest BCUT2D eigenvalue weighted by Gasteiger charge is 2.35. The molecule has 0 atom stereocenters.